The number of nitrogens with one attached hydrogen (secondary N) is 1. The van der Waals surface area contributed by atoms with Crippen LogP contribution in [-0.2, 0) is 10.0 Å². The zero-order valence-electron chi connectivity index (χ0n) is 10.5. The van der Waals surface area contributed by atoms with Crippen molar-refractivity contribution in [1.82, 2.24) is 14.9 Å². The Kier molecular flexibility index (Phi) is 3.95. The predicted molar refractivity (Wildman–Crippen MR) is 71.8 cm³/mol. The molecule has 0 amide bonds. The van der Waals surface area contributed by atoms with Crippen LogP contribution in [-0.4, -0.2) is 18.6 Å². The molecule has 0 aliphatic rings. The maximum atomic E-state index is 12.1. The standard InChI is InChI=1S/C10H12ClN3O3S2/c1-5-9(7(3)17-13-5)6(2)14-19(15,16)8-4-12-10(11)18-8/h4,6,14H,1-3H3. The van der Waals surface area contributed by atoms with Gasteiger partial charge in [-0.25, -0.2) is 18.1 Å². The molecule has 19 heavy (non-hydrogen) atoms. The van der Waals surface area contributed by atoms with Crippen LogP contribution >= 0.6 is 22.9 Å². The van der Waals surface area contributed by atoms with Gasteiger partial charge in [0.15, 0.2) is 8.68 Å². The zero-order valence-corrected chi connectivity index (χ0v) is 12.9. The quantitative estimate of drug-likeness (QED) is 0.934. The van der Waals surface area contributed by atoms with Gasteiger partial charge in [0, 0.05) is 11.6 Å². The number of nitrogens with zero attached hydrogens (tertiary/aromatic N) is 2. The minimum absolute atomic E-state index is 0.0797. The highest BCUT2D eigenvalue weighted by molar-refractivity contribution is 7.91. The summed E-state index contributed by atoms with van der Waals surface area (Å²) in [5, 5.41) is 3.80. The number of rotatable bonds is 4. The Bertz CT molecular complexity index is 673. The lowest BCUT2D eigenvalue weighted by atomic mass is 10.1. The van der Waals surface area contributed by atoms with Crippen molar-refractivity contribution >= 4 is 33.0 Å². The minimum Gasteiger partial charge on any atom is -0.361 e. The van der Waals surface area contributed by atoms with E-state index in [1.807, 2.05) is 0 Å². The van der Waals surface area contributed by atoms with E-state index in [9.17, 15) is 8.42 Å². The molecule has 6 nitrogen and oxygen atoms in total. The van der Waals surface area contributed by atoms with E-state index in [-0.39, 0.29) is 8.68 Å². The minimum atomic E-state index is -3.65. The summed E-state index contributed by atoms with van der Waals surface area (Å²) >= 11 is 6.55. The van der Waals surface area contributed by atoms with Crippen molar-refractivity contribution < 1.29 is 12.9 Å². The fraction of sp³-hybridized carbons (Fsp3) is 0.400. The van der Waals surface area contributed by atoms with Crippen LogP contribution in [0.5, 0.6) is 0 Å². The fourth-order valence-corrected chi connectivity index (χ4v) is 4.34. The van der Waals surface area contributed by atoms with E-state index in [1.54, 1.807) is 20.8 Å². The van der Waals surface area contributed by atoms with Crippen LogP contribution in [0, 0.1) is 13.8 Å². The highest BCUT2D eigenvalue weighted by atomic mass is 35.5. The van der Waals surface area contributed by atoms with Crippen molar-refractivity contribution in [2.24, 2.45) is 0 Å². The molecule has 1 N–H and O–H groups in total. The predicted octanol–water partition coefficient (Wildman–Crippen LogP) is 2.44. The highest BCUT2D eigenvalue weighted by Crippen LogP contribution is 2.26. The van der Waals surface area contributed by atoms with Crippen LogP contribution in [0.15, 0.2) is 14.9 Å². The molecule has 0 radical (unpaired) electrons. The van der Waals surface area contributed by atoms with E-state index in [2.05, 4.69) is 14.9 Å². The number of aryl methyl sites for hydroxylation is 2. The van der Waals surface area contributed by atoms with Crippen molar-refractivity contribution in [3.05, 3.63) is 27.7 Å². The molecule has 2 heterocycles. The van der Waals surface area contributed by atoms with Gasteiger partial charge in [-0.1, -0.05) is 28.1 Å². The van der Waals surface area contributed by atoms with Crippen LogP contribution < -0.4 is 4.72 Å². The van der Waals surface area contributed by atoms with Crippen LogP contribution in [0.4, 0.5) is 0 Å². The van der Waals surface area contributed by atoms with Gasteiger partial charge in [-0.2, -0.15) is 0 Å². The summed E-state index contributed by atoms with van der Waals surface area (Å²) in [7, 11) is -3.65. The third-order valence-corrected chi connectivity index (χ3v) is 5.69. The van der Waals surface area contributed by atoms with Crippen molar-refractivity contribution in [2.45, 2.75) is 31.0 Å². The summed E-state index contributed by atoms with van der Waals surface area (Å²) in [6, 6.07) is -0.447. The van der Waals surface area contributed by atoms with Gasteiger partial charge in [-0.15, -0.1) is 0 Å². The first kappa shape index (κ1) is 14.4. The molecule has 0 aliphatic carbocycles. The lowest BCUT2D eigenvalue weighted by molar-refractivity contribution is 0.391. The normalized spacial score (nSPS) is 13.7. The molecule has 0 saturated carbocycles. The van der Waals surface area contributed by atoms with Gasteiger partial charge in [0.2, 0.25) is 0 Å². The molecule has 2 aromatic rings. The van der Waals surface area contributed by atoms with E-state index >= 15 is 0 Å². The molecular formula is C10H12ClN3O3S2. The second-order valence-corrected chi connectivity index (χ2v) is 7.57. The number of hydrogen-bond acceptors (Lipinski definition) is 6. The molecule has 1 unspecified atom stereocenters. The van der Waals surface area contributed by atoms with Crippen LogP contribution in [0.25, 0.3) is 0 Å². The second kappa shape index (κ2) is 5.20. The number of hydrogen-bond donors (Lipinski definition) is 1. The van der Waals surface area contributed by atoms with Gasteiger partial charge in [-0.05, 0) is 20.8 Å². The van der Waals surface area contributed by atoms with Gasteiger partial charge >= 0.3 is 0 Å². The SMILES string of the molecule is Cc1noc(C)c1C(C)NS(=O)(=O)c1cnc(Cl)s1. The first-order valence-corrected chi connectivity index (χ1v) is 8.05. The van der Waals surface area contributed by atoms with E-state index in [1.165, 1.54) is 6.20 Å². The molecule has 104 valence electrons. The fourth-order valence-electron chi connectivity index (χ4n) is 1.82. The maximum absolute atomic E-state index is 12.1. The molecule has 0 fully saturated rings. The van der Waals surface area contributed by atoms with E-state index in [4.69, 9.17) is 16.1 Å². The number of thiazole rings is 1. The molecular weight excluding hydrogens is 310 g/mol. The maximum Gasteiger partial charge on any atom is 0.252 e. The van der Waals surface area contributed by atoms with Crippen LogP contribution in [0.2, 0.25) is 4.47 Å². The average molecular weight is 322 g/mol. The molecule has 9 heteroatoms. The van der Waals surface area contributed by atoms with Crippen LogP contribution in [0.3, 0.4) is 0 Å². The Hall–Kier alpha value is -0.960. The Balaban J connectivity index is 2.26. The Morgan fingerprint density at radius 3 is 2.63 bits per heavy atom. The van der Waals surface area contributed by atoms with Crippen molar-refractivity contribution in [1.29, 1.82) is 0 Å². The van der Waals surface area contributed by atoms with Gasteiger partial charge in [0.1, 0.15) is 5.76 Å². The summed E-state index contributed by atoms with van der Waals surface area (Å²) in [6.07, 6.45) is 1.23. The van der Waals surface area contributed by atoms with E-state index < -0.39 is 16.1 Å². The summed E-state index contributed by atoms with van der Waals surface area (Å²) in [6.45, 7) is 5.23. The first-order chi connectivity index (χ1) is 8.81. The molecule has 0 aromatic carbocycles. The molecule has 0 bridgehead atoms. The summed E-state index contributed by atoms with van der Waals surface area (Å²) in [5.74, 6) is 0.593. The van der Waals surface area contributed by atoms with Gasteiger partial charge < -0.3 is 4.52 Å². The topological polar surface area (TPSA) is 85.1 Å². The molecule has 1 atom stereocenters. The Morgan fingerprint density at radius 1 is 1.47 bits per heavy atom. The van der Waals surface area contributed by atoms with Crippen molar-refractivity contribution in [3.63, 3.8) is 0 Å². The smallest absolute Gasteiger partial charge is 0.252 e. The van der Waals surface area contributed by atoms with Crippen molar-refractivity contribution in [2.75, 3.05) is 0 Å². The number of sulfonamides is 1. The molecule has 0 aliphatic heterocycles. The summed E-state index contributed by atoms with van der Waals surface area (Å²) in [5.41, 5.74) is 1.40. The Labute approximate surface area is 119 Å². The van der Waals surface area contributed by atoms with Gasteiger partial charge in [0.25, 0.3) is 10.0 Å². The summed E-state index contributed by atoms with van der Waals surface area (Å²) < 4.78 is 32.1. The zero-order chi connectivity index (χ0) is 14.2. The average Bonchev–Trinajstić information content (AvgIpc) is 2.85. The highest BCUT2D eigenvalue weighted by Gasteiger charge is 2.24. The van der Waals surface area contributed by atoms with Crippen LogP contribution in [0.1, 0.15) is 30.0 Å². The lowest BCUT2D eigenvalue weighted by Crippen LogP contribution is -2.26. The summed E-state index contributed by atoms with van der Waals surface area (Å²) in [4.78, 5) is 3.72. The molecule has 0 spiro atoms. The lowest BCUT2D eigenvalue weighted by Gasteiger charge is -2.12. The van der Waals surface area contributed by atoms with E-state index in [0.717, 1.165) is 16.9 Å². The van der Waals surface area contributed by atoms with Gasteiger partial charge in [0.05, 0.1) is 11.9 Å². The van der Waals surface area contributed by atoms with E-state index in [0.29, 0.717) is 11.5 Å². The first-order valence-electron chi connectivity index (χ1n) is 5.37. The number of aromatic nitrogens is 2. The monoisotopic (exact) mass is 321 g/mol. The third kappa shape index (κ3) is 2.97. The Morgan fingerprint density at radius 2 is 2.16 bits per heavy atom. The number of halogens is 1. The van der Waals surface area contributed by atoms with Gasteiger partial charge in [-0.3, -0.25) is 0 Å². The molecule has 2 rings (SSSR count). The second-order valence-electron chi connectivity index (χ2n) is 4.01. The third-order valence-electron chi connectivity index (χ3n) is 2.57. The molecule has 2 aromatic heterocycles. The largest absolute Gasteiger partial charge is 0.361 e. The van der Waals surface area contributed by atoms with Crippen molar-refractivity contribution in [3.8, 4) is 0 Å². The molecule has 0 saturated heterocycles.